The zero-order valence-corrected chi connectivity index (χ0v) is 17.5. The summed E-state index contributed by atoms with van der Waals surface area (Å²) in [5.41, 5.74) is 0.501. The largest absolute Gasteiger partial charge is 0.494 e. The maximum atomic E-state index is 12.7. The number of anilines is 1. The number of amides is 1. The lowest BCUT2D eigenvalue weighted by atomic mass is 10.2. The number of alkyl halides is 2. The molecule has 170 valence electrons. The van der Waals surface area contributed by atoms with Gasteiger partial charge in [0.25, 0.3) is 5.91 Å². The van der Waals surface area contributed by atoms with Crippen molar-refractivity contribution in [3.05, 3.63) is 48.0 Å². The topological polar surface area (TPSA) is 98.1 Å². The number of carbonyl (C=O) groups excluding carboxylic acids is 2. The summed E-state index contributed by atoms with van der Waals surface area (Å²) < 4.78 is 44.6. The molecular weight excluding hydrogens is 426 g/mol. The zero-order valence-electron chi connectivity index (χ0n) is 17.5. The first-order chi connectivity index (χ1) is 15.4. The van der Waals surface area contributed by atoms with Gasteiger partial charge in [-0.05, 0) is 49.4 Å². The molecule has 32 heavy (non-hydrogen) atoms. The fourth-order valence-corrected chi connectivity index (χ4v) is 2.73. The van der Waals surface area contributed by atoms with Gasteiger partial charge in [-0.3, -0.25) is 4.79 Å². The molecule has 1 amide bonds. The SMILES string of the molecule is CCOc1ccc(N(CCC#N)C(=O)COC(=O)c2ccc(OC(F)F)c(OC)c2)cc1. The summed E-state index contributed by atoms with van der Waals surface area (Å²) in [5, 5.41) is 8.89. The second-order valence-electron chi connectivity index (χ2n) is 6.20. The van der Waals surface area contributed by atoms with Crippen molar-refractivity contribution < 1.29 is 37.3 Å². The molecule has 0 spiro atoms. The number of ether oxygens (including phenoxy) is 4. The Balaban J connectivity index is 2.08. The number of halogens is 2. The molecule has 0 unspecified atom stereocenters. The molecule has 0 aliphatic carbocycles. The number of nitriles is 1. The Labute approximate surface area is 183 Å². The minimum Gasteiger partial charge on any atom is -0.494 e. The molecule has 0 heterocycles. The van der Waals surface area contributed by atoms with E-state index in [0.29, 0.717) is 18.0 Å². The molecule has 2 rings (SSSR count). The Kier molecular flexibility index (Phi) is 9.22. The molecule has 0 fully saturated rings. The van der Waals surface area contributed by atoms with E-state index in [2.05, 4.69) is 4.74 Å². The number of methoxy groups -OCH3 is 1. The molecule has 0 aliphatic heterocycles. The normalized spacial score (nSPS) is 10.2. The first kappa shape index (κ1) is 24.4. The van der Waals surface area contributed by atoms with E-state index in [9.17, 15) is 18.4 Å². The summed E-state index contributed by atoms with van der Waals surface area (Å²) in [7, 11) is 1.23. The third-order valence-corrected chi connectivity index (χ3v) is 4.15. The molecule has 0 N–H and O–H groups in total. The van der Waals surface area contributed by atoms with Gasteiger partial charge < -0.3 is 23.8 Å². The van der Waals surface area contributed by atoms with Crippen molar-refractivity contribution in [2.75, 3.05) is 31.8 Å². The van der Waals surface area contributed by atoms with Crippen molar-refractivity contribution >= 4 is 17.6 Å². The fourth-order valence-electron chi connectivity index (χ4n) is 2.73. The maximum Gasteiger partial charge on any atom is 0.387 e. The molecular formula is C22H22F2N2O6. The van der Waals surface area contributed by atoms with Gasteiger partial charge >= 0.3 is 12.6 Å². The van der Waals surface area contributed by atoms with E-state index in [-0.39, 0.29) is 30.0 Å². The molecule has 0 aromatic heterocycles. The zero-order chi connectivity index (χ0) is 23.5. The second-order valence-corrected chi connectivity index (χ2v) is 6.20. The summed E-state index contributed by atoms with van der Waals surface area (Å²) in [4.78, 5) is 26.3. The monoisotopic (exact) mass is 448 g/mol. The molecule has 0 bridgehead atoms. The Morgan fingerprint density at radius 2 is 1.84 bits per heavy atom. The molecule has 8 nitrogen and oxygen atoms in total. The summed E-state index contributed by atoms with van der Waals surface area (Å²) in [6.07, 6.45) is 0.0791. The molecule has 2 aromatic rings. The Bertz CT molecular complexity index is 960. The van der Waals surface area contributed by atoms with Gasteiger partial charge in [-0.1, -0.05) is 0 Å². The van der Waals surface area contributed by atoms with E-state index >= 15 is 0 Å². The summed E-state index contributed by atoms with van der Waals surface area (Å²) in [6, 6.07) is 12.2. The van der Waals surface area contributed by atoms with Gasteiger partial charge in [0.1, 0.15) is 5.75 Å². The van der Waals surface area contributed by atoms with Crippen molar-refractivity contribution in [1.82, 2.24) is 0 Å². The van der Waals surface area contributed by atoms with Crippen LogP contribution in [0.4, 0.5) is 14.5 Å². The quantitative estimate of drug-likeness (QED) is 0.482. The molecule has 0 radical (unpaired) electrons. The third kappa shape index (κ3) is 6.84. The van der Waals surface area contributed by atoms with E-state index in [1.54, 1.807) is 24.3 Å². The van der Waals surface area contributed by atoms with Gasteiger partial charge in [-0.15, -0.1) is 0 Å². The van der Waals surface area contributed by atoms with Gasteiger partial charge in [-0.25, -0.2) is 4.79 Å². The molecule has 2 aromatic carbocycles. The average molecular weight is 448 g/mol. The third-order valence-electron chi connectivity index (χ3n) is 4.15. The van der Waals surface area contributed by atoms with E-state index in [1.807, 2.05) is 13.0 Å². The van der Waals surface area contributed by atoms with Crippen LogP contribution in [-0.4, -0.2) is 45.4 Å². The fraction of sp³-hybridized carbons (Fsp3) is 0.318. The van der Waals surface area contributed by atoms with E-state index < -0.39 is 25.1 Å². The molecule has 0 atom stereocenters. The van der Waals surface area contributed by atoms with E-state index in [1.165, 1.54) is 24.1 Å². The second kappa shape index (κ2) is 12.1. The number of carbonyl (C=O) groups is 2. The molecule has 0 aliphatic rings. The predicted octanol–water partition coefficient (Wildman–Crippen LogP) is 3.80. The van der Waals surface area contributed by atoms with Crippen molar-refractivity contribution in [1.29, 1.82) is 5.26 Å². The van der Waals surface area contributed by atoms with Gasteiger partial charge in [0, 0.05) is 12.2 Å². The number of rotatable bonds is 11. The average Bonchev–Trinajstić information content (AvgIpc) is 2.78. The standard InChI is InChI=1S/C22H22F2N2O6/c1-3-30-17-8-6-16(7-9-17)26(12-4-11-25)20(27)14-31-21(28)15-5-10-18(32-22(23)24)19(13-15)29-2/h5-10,13,22H,3-4,12,14H2,1-2H3. The van der Waals surface area contributed by atoms with Crippen LogP contribution in [0.1, 0.15) is 23.7 Å². The number of esters is 1. The van der Waals surface area contributed by atoms with Crippen LogP contribution in [0.3, 0.4) is 0 Å². The Morgan fingerprint density at radius 1 is 1.12 bits per heavy atom. The smallest absolute Gasteiger partial charge is 0.387 e. The minimum atomic E-state index is -3.05. The van der Waals surface area contributed by atoms with Gasteiger partial charge in [0.05, 0.1) is 31.8 Å². The Hall–Kier alpha value is -3.87. The first-order valence-electron chi connectivity index (χ1n) is 9.59. The number of nitrogens with zero attached hydrogens (tertiary/aromatic N) is 2. The minimum absolute atomic E-state index is 0.0130. The summed E-state index contributed by atoms with van der Waals surface area (Å²) in [6.45, 7) is -1.20. The highest BCUT2D eigenvalue weighted by molar-refractivity contribution is 5.97. The van der Waals surface area contributed by atoms with Crippen LogP contribution in [0.25, 0.3) is 0 Å². The van der Waals surface area contributed by atoms with Gasteiger partial charge in [0.2, 0.25) is 0 Å². The van der Waals surface area contributed by atoms with Crippen molar-refractivity contribution in [2.45, 2.75) is 20.0 Å². The highest BCUT2D eigenvalue weighted by atomic mass is 19.3. The van der Waals surface area contributed by atoms with Crippen molar-refractivity contribution in [3.8, 4) is 23.3 Å². The Morgan fingerprint density at radius 3 is 2.44 bits per heavy atom. The van der Waals surface area contributed by atoms with Crippen molar-refractivity contribution in [2.24, 2.45) is 0 Å². The van der Waals surface area contributed by atoms with Gasteiger partial charge in [-0.2, -0.15) is 14.0 Å². The lowest BCUT2D eigenvalue weighted by molar-refractivity contribution is -0.121. The van der Waals surface area contributed by atoms with Crippen LogP contribution in [0.2, 0.25) is 0 Å². The lowest BCUT2D eigenvalue weighted by Gasteiger charge is -2.22. The molecule has 10 heteroatoms. The molecule has 0 saturated carbocycles. The highest BCUT2D eigenvalue weighted by Crippen LogP contribution is 2.29. The number of hydrogen-bond acceptors (Lipinski definition) is 7. The van der Waals surface area contributed by atoms with Crippen LogP contribution < -0.4 is 19.1 Å². The number of benzene rings is 2. The maximum absolute atomic E-state index is 12.7. The lowest BCUT2D eigenvalue weighted by Crippen LogP contribution is -2.35. The van der Waals surface area contributed by atoms with E-state index in [0.717, 1.165) is 6.07 Å². The van der Waals surface area contributed by atoms with Crippen LogP contribution in [0.15, 0.2) is 42.5 Å². The summed E-state index contributed by atoms with van der Waals surface area (Å²) >= 11 is 0. The van der Waals surface area contributed by atoms with Crippen LogP contribution in [0, 0.1) is 11.3 Å². The first-order valence-corrected chi connectivity index (χ1v) is 9.59. The highest BCUT2D eigenvalue weighted by Gasteiger charge is 2.20. The van der Waals surface area contributed by atoms with Crippen LogP contribution >= 0.6 is 0 Å². The summed E-state index contributed by atoms with van der Waals surface area (Å²) in [5.74, 6) is -1.09. The van der Waals surface area contributed by atoms with Crippen molar-refractivity contribution in [3.63, 3.8) is 0 Å². The number of hydrogen-bond donors (Lipinski definition) is 0. The van der Waals surface area contributed by atoms with Crippen LogP contribution in [0.5, 0.6) is 17.2 Å². The molecule has 0 saturated heterocycles. The predicted molar refractivity (Wildman–Crippen MR) is 110 cm³/mol. The van der Waals surface area contributed by atoms with Crippen LogP contribution in [-0.2, 0) is 9.53 Å². The van der Waals surface area contributed by atoms with Gasteiger partial charge in [0.15, 0.2) is 18.1 Å². The van der Waals surface area contributed by atoms with E-state index in [4.69, 9.17) is 19.5 Å².